The summed E-state index contributed by atoms with van der Waals surface area (Å²) in [5.41, 5.74) is 3.29. The van der Waals surface area contributed by atoms with E-state index >= 15 is 0 Å². The third kappa shape index (κ3) is 1.08. The number of benzene rings is 1. The van der Waals surface area contributed by atoms with Crippen LogP contribution in [0.5, 0.6) is 0 Å². The minimum Gasteiger partial charge on any atom is -0.319 e. The first-order valence-electron chi connectivity index (χ1n) is 5.51. The van der Waals surface area contributed by atoms with Gasteiger partial charge >= 0.3 is 0 Å². The van der Waals surface area contributed by atoms with Crippen LogP contribution >= 0.6 is 11.3 Å². The zero-order chi connectivity index (χ0) is 12.3. The Bertz CT molecular complexity index is 959. The molecule has 0 unspecified atom stereocenters. The summed E-state index contributed by atoms with van der Waals surface area (Å²) in [6.07, 6.45) is 1.67. The number of hydrogen-bond acceptors (Lipinski definition) is 4. The second-order valence-electron chi connectivity index (χ2n) is 4.18. The molecule has 0 atom stereocenters. The van der Waals surface area contributed by atoms with Gasteiger partial charge in [0.25, 0.3) is 0 Å². The average molecular weight is 255 g/mol. The van der Waals surface area contributed by atoms with Gasteiger partial charge < -0.3 is 4.57 Å². The smallest absolute Gasteiger partial charge is 0.197 e. The molecule has 6 heteroatoms. The Morgan fingerprint density at radius 1 is 1.28 bits per heavy atom. The van der Waals surface area contributed by atoms with Crippen molar-refractivity contribution in [3.05, 3.63) is 36.1 Å². The average Bonchev–Trinajstić information content (AvgIpc) is 2.90. The summed E-state index contributed by atoms with van der Waals surface area (Å²) < 4.78 is 4.60. The summed E-state index contributed by atoms with van der Waals surface area (Å²) in [5, 5.41) is 8.06. The minimum absolute atomic E-state index is 0.472. The highest BCUT2D eigenvalue weighted by molar-refractivity contribution is 7.23. The van der Waals surface area contributed by atoms with E-state index in [-0.39, 0.29) is 0 Å². The van der Waals surface area contributed by atoms with Crippen molar-refractivity contribution in [1.82, 2.24) is 18.9 Å². The molecule has 0 radical (unpaired) electrons. The molecule has 0 fully saturated rings. The van der Waals surface area contributed by atoms with Crippen LogP contribution in [0, 0.1) is 5.41 Å². The highest BCUT2D eigenvalue weighted by Crippen LogP contribution is 2.26. The zero-order valence-corrected chi connectivity index (χ0v) is 10.4. The number of aryl methyl sites for hydroxylation is 1. The summed E-state index contributed by atoms with van der Waals surface area (Å²) in [7, 11) is 1.83. The summed E-state index contributed by atoms with van der Waals surface area (Å²) in [5.74, 6) is 0. The lowest BCUT2D eigenvalue weighted by molar-refractivity contribution is 0.805. The molecule has 0 bridgehead atoms. The normalized spacial score (nSPS) is 11.8. The summed E-state index contributed by atoms with van der Waals surface area (Å²) in [4.78, 5) is 9.89. The molecule has 4 rings (SSSR count). The number of imidazole rings is 1. The highest BCUT2D eigenvalue weighted by Gasteiger charge is 2.13. The molecule has 4 aromatic rings. The van der Waals surface area contributed by atoms with Crippen LogP contribution < -0.4 is 5.49 Å². The van der Waals surface area contributed by atoms with Crippen molar-refractivity contribution in [2.45, 2.75) is 0 Å². The summed E-state index contributed by atoms with van der Waals surface area (Å²) in [6, 6.07) is 7.99. The molecule has 3 aromatic heterocycles. The maximum absolute atomic E-state index is 8.06. The van der Waals surface area contributed by atoms with E-state index in [1.54, 1.807) is 10.9 Å². The first-order valence-corrected chi connectivity index (χ1v) is 6.33. The van der Waals surface area contributed by atoms with Crippen molar-refractivity contribution < 1.29 is 0 Å². The van der Waals surface area contributed by atoms with E-state index in [0.717, 1.165) is 26.3 Å². The predicted molar refractivity (Wildman–Crippen MR) is 70.7 cm³/mol. The van der Waals surface area contributed by atoms with E-state index in [0.29, 0.717) is 5.49 Å². The minimum atomic E-state index is 0.472. The third-order valence-corrected chi connectivity index (χ3v) is 4.10. The fourth-order valence-electron chi connectivity index (χ4n) is 2.15. The Kier molecular flexibility index (Phi) is 1.72. The summed E-state index contributed by atoms with van der Waals surface area (Å²) >= 11 is 1.51. The summed E-state index contributed by atoms with van der Waals surface area (Å²) in [6.45, 7) is 0. The predicted octanol–water partition coefficient (Wildman–Crippen LogP) is 1.92. The molecule has 0 aliphatic heterocycles. The van der Waals surface area contributed by atoms with Crippen molar-refractivity contribution in [2.24, 2.45) is 7.05 Å². The van der Waals surface area contributed by atoms with Crippen LogP contribution in [-0.2, 0) is 7.05 Å². The van der Waals surface area contributed by atoms with Gasteiger partial charge in [-0.1, -0.05) is 23.5 Å². The first kappa shape index (κ1) is 9.78. The molecule has 0 aliphatic rings. The van der Waals surface area contributed by atoms with Crippen LogP contribution in [0.1, 0.15) is 0 Å². The number of rotatable bonds is 0. The number of aromatic nitrogens is 4. The molecule has 88 valence electrons. The van der Waals surface area contributed by atoms with Crippen LogP contribution in [0.2, 0.25) is 0 Å². The molecular weight excluding hydrogens is 246 g/mol. The largest absolute Gasteiger partial charge is 0.319 e. The van der Waals surface area contributed by atoms with Crippen molar-refractivity contribution >= 4 is 37.7 Å². The van der Waals surface area contributed by atoms with Crippen LogP contribution in [0.15, 0.2) is 30.6 Å². The number of fused-ring (bicyclic) bond motifs is 5. The Labute approximate surface area is 105 Å². The molecule has 0 amide bonds. The van der Waals surface area contributed by atoms with E-state index in [1.165, 1.54) is 11.3 Å². The zero-order valence-electron chi connectivity index (χ0n) is 9.58. The van der Waals surface area contributed by atoms with Gasteiger partial charge in [0.05, 0.1) is 17.4 Å². The molecule has 5 nitrogen and oxygen atoms in total. The maximum Gasteiger partial charge on any atom is 0.197 e. The second-order valence-corrected chi connectivity index (χ2v) is 5.15. The Morgan fingerprint density at radius 2 is 2.11 bits per heavy atom. The third-order valence-electron chi connectivity index (χ3n) is 3.06. The standard InChI is InChI=1S/C12H9N5S/c1-16-6-14-11-9(10(16)13)18-12-15-7-4-2-3-5-8(7)17(11)12/h2-6,13H,1H3. The number of hydrogen-bond donors (Lipinski definition) is 1. The number of para-hydroxylation sites is 2. The van der Waals surface area contributed by atoms with E-state index < -0.39 is 0 Å². The van der Waals surface area contributed by atoms with Gasteiger partial charge in [0, 0.05) is 7.05 Å². The first-order chi connectivity index (χ1) is 8.75. The topological polar surface area (TPSA) is 59.0 Å². The van der Waals surface area contributed by atoms with Crippen LogP contribution in [-0.4, -0.2) is 18.9 Å². The highest BCUT2D eigenvalue weighted by atomic mass is 32.1. The molecule has 0 saturated heterocycles. The molecule has 1 N–H and O–H groups in total. The second kappa shape index (κ2) is 3.17. The molecule has 3 heterocycles. The molecule has 0 saturated carbocycles. The Morgan fingerprint density at radius 3 is 3.00 bits per heavy atom. The Balaban J connectivity index is 2.35. The van der Waals surface area contributed by atoms with Crippen molar-refractivity contribution in [3.63, 3.8) is 0 Å². The number of nitrogens with one attached hydrogen (secondary N) is 1. The lowest BCUT2D eigenvalue weighted by atomic mass is 10.3. The van der Waals surface area contributed by atoms with Gasteiger partial charge in [0.2, 0.25) is 0 Å². The van der Waals surface area contributed by atoms with Gasteiger partial charge in [0.1, 0.15) is 10.2 Å². The molecule has 18 heavy (non-hydrogen) atoms. The van der Waals surface area contributed by atoms with Crippen LogP contribution in [0.3, 0.4) is 0 Å². The van der Waals surface area contributed by atoms with Gasteiger partial charge in [-0.15, -0.1) is 0 Å². The fourth-order valence-corrected chi connectivity index (χ4v) is 3.22. The van der Waals surface area contributed by atoms with Gasteiger partial charge in [-0.05, 0) is 12.1 Å². The molecule has 1 aromatic carbocycles. The molecular formula is C12H9N5S. The SMILES string of the molecule is Cn1cnc2c(sc3nc4ccccc4n32)c1=N. The monoisotopic (exact) mass is 255 g/mol. The number of nitrogens with zero attached hydrogens (tertiary/aromatic N) is 4. The quantitative estimate of drug-likeness (QED) is 0.522. The maximum atomic E-state index is 8.06. The van der Waals surface area contributed by atoms with Crippen molar-refractivity contribution in [3.8, 4) is 0 Å². The lowest BCUT2D eigenvalue weighted by Crippen LogP contribution is -2.16. The van der Waals surface area contributed by atoms with Gasteiger partial charge in [-0.2, -0.15) is 0 Å². The fraction of sp³-hybridized carbons (Fsp3) is 0.0833. The molecule has 0 spiro atoms. The van der Waals surface area contributed by atoms with Crippen molar-refractivity contribution in [2.75, 3.05) is 0 Å². The van der Waals surface area contributed by atoms with Crippen molar-refractivity contribution in [1.29, 1.82) is 5.41 Å². The molecule has 0 aliphatic carbocycles. The van der Waals surface area contributed by atoms with E-state index in [9.17, 15) is 0 Å². The van der Waals surface area contributed by atoms with Gasteiger partial charge in [0.15, 0.2) is 10.6 Å². The van der Waals surface area contributed by atoms with Crippen LogP contribution in [0.4, 0.5) is 0 Å². The van der Waals surface area contributed by atoms with Gasteiger partial charge in [-0.3, -0.25) is 9.81 Å². The Hall–Kier alpha value is -2.21. The van der Waals surface area contributed by atoms with E-state index in [4.69, 9.17) is 5.41 Å². The van der Waals surface area contributed by atoms with Gasteiger partial charge in [-0.25, -0.2) is 9.97 Å². The van der Waals surface area contributed by atoms with E-state index in [2.05, 4.69) is 9.97 Å². The number of thiazole rings is 1. The lowest BCUT2D eigenvalue weighted by Gasteiger charge is -1.98. The van der Waals surface area contributed by atoms with E-state index in [1.807, 2.05) is 35.7 Å². The van der Waals surface area contributed by atoms with Crippen LogP contribution in [0.25, 0.3) is 26.3 Å².